The van der Waals surface area contributed by atoms with Crippen molar-refractivity contribution in [3.8, 4) is 11.3 Å². The second-order valence-corrected chi connectivity index (χ2v) is 10.1. The summed E-state index contributed by atoms with van der Waals surface area (Å²) in [7, 11) is 3.36. The van der Waals surface area contributed by atoms with Crippen molar-refractivity contribution < 1.29 is 37.0 Å². The normalized spacial score (nSPS) is 11.6. The Balaban J connectivity index is 0.000000723. The van der Waals surface area contributed by atoms with Crippen LogP contribution in [0.1, 0.15) is 63.9 Å². The largest absolute Gasteiger partial charge is 0.478 e. The van der Waals surface area contributed by atoms with Gasteiger partial charge in [-0.1, -0.05) is 34.6 Å². The number of methoxy groups -OCH3 is 1. The van der Waals surface area contributed by atoms with Crippen molar-refractivity contribution in [3.63, 3.8) is 0 Å². The number of aromatic carboxylic acids is 1. The first kappa shape index (κ1) is 39.2. The van der Waals surface area contributed by atoms with Gasteiger partial charge in [0.25, 0.3) is 0 Å². The Morgan fingerprint density at radius 3 is 2.16 bits per heavy atom. The Kier molecular flexibility index (Phi) is 17.7. The third-order valence-corrected chi connectivity index (χ3v) is 5.68. The molecule has 3 aromatic rings. The lowest BCUT2D eigenvalue weighted by molar-refractivity contribution is -0.108. The molecule has 0 saturated carbocycles. The van der Waals surface area contributed by atoms with E-state index in [9.17, 15) is 27.2 Å². The van der Waals surface area contributed by atoms with Crippen molar-refractivity contribution >= 4 is 18.1 Å². The number of aromatic nitrogens is 2. The lowest BCUT2D eigenvalue weighted by atomic mass is 10.0. The highest BCUT2D eigenvalue weighted by molar-refractivity contribution is 5.89. The van der Waals surface area contributed by atoms with Crippen molar-refractivity contribution in [2.24, 2.45) is 5.92 Å². The number of carboxylic acid groups (broad SMARTS) is 1. The summed E-state index contributed by atoms with van der Waals surface area (Å²) in [6.07, 6.45) is 2.71. The molecule has 8 nitrogen and oxygen atoms in total. The maximum atomic E-state index is 13.8. The number of halogens is 4. The molecular formula is C31H44F4N4O4. The van der Waals surface area contributed by atoms with Gasteiger partial charge in [-0.25, -0.2) is 22.4 Å². The second kappa shape index (κ2) is 19.4. The summed E-state index contributed by atoms with van der Waals surface area (Å²) in [6.45, 7) is 15.0. The number of anilines is 1. The number of H-pyrrole nitrogens is 1. The van der Waals surface area contributed by atoms with Crippen LogP contribution in [0.25, 0.3) is 11.3 Å². The van der Waals surface area contributed by atoms with Crippen molar-refractivity contribution in [1.82, 2.24) is 15.5 Å². The Bertz CT molecular complexity index is 1280. The molecule has 1 heterocycles. The first-order chi connectivity index (χ1) is 20.2. The highest BCUT2D eigenvalue weighted by atomic mass is 19.2. The molecule has 2 aromatic carbocycles. The molecule has 0 bridgehead atoms. The number of benzene rings is 2. The molecule has 0 spiro atoms. The summed E-state index contributed by atoms with van der Waals surface area (Å²) >= 11 is 0. The smallest absolute Gasteiger partial charge is 0.338 e. The molecule has 3 rings (SSSR count). The number of aromatic amines is 1. The number of hydrogen-bond donors (Lipinski definition) is 3. The summed E-state index contributed by atoms with van der Waals surface area (Å²) in [5.41, 5.74) is 0.242. The molecular weight excluding hydrogens is 568 g/mol. The van der Waals surface area contributed by atoms with Gasteiger partial charge in [0, 0.05) is 18.4 Å². The Hall–Kier alpha value is -3.77. The summed E-state index contributed by atoms with van der Waals surface area (Å²) < 4.78 is 58.1. The van der Waals surface area contributed by atoms with Crippen LogP contribution in [0.2, 0.25) is 0 Å². The monoisotopic (exact) mass is 612 g/mol. The van der Waals surface area contributed by atoms with E-state index in [-0.39, 0.29) is 17.8 Å². The van der Waals surface area contributed by atoms with Crippen LogP contribution in [0.15, 0.2) is 36.5 Å². The standard InChI is InChI=1S/C15H21FN2O4.C10H7F3N2.C4H10.C2H6/c1-15(22-3,6-7-17-2)9-18(10-19)11-4-5-12(14(20)21)13(16)8-11;1-5-4-14-15-10(5)6-2-3-7(11)9(13)8(6)12;1-4(2)3;1-2/h4-5,8,10,17H,6-7,9H2,1-3H3,(H,20,21);2-4H,1H3,(H,14,15);4H,1-3H3;1-2H3. The van der Waals surface area contributed by atoms with E-state index in [0.29, 0.717) is 30.6 Å². The number of rotatable bonds is 10. The van der Waals surface area contributed by atoms with Gasteiger partial charge in [0.05, 0.1) is 29.6 Å². The predicted octanol–water partition coefficient (Wildman–Crippen LogP) is 6.99. The maximum absolute atomic E-state index is 13.8. The van der Waals surface area contributed by atoms with E-state index in [1.807, 2.05) is 27.8 Å². The predicted molar refractivity (Wildman–Crippen MR) is 161 cm³/mol. The molecule has 0 aliphatic heterocycles. The van der Waals surface area contributed by atoms with Crippen molar-refractivity contribution in [3.05, 3.63) is 70.9 Å². The number of nitrogens with zero attached hydrogens (tertiary/aromatic N) is 2. The number of carbonyl (C=O) groups is 2. The van der Waals surface area contributed by atoms with Crippen LogP contribution < -0.4 is 10.2 Å². The highest BCUT2D eigenvalue weighted by Crippen LogP contribution is 2.26. The van der Waals surface area contributed by atoms with Gasteiger partial charge in [0.2, 0.25) is 6.41 Å². The van der Waals surface area contributed by atoms with Crippen molar-refractivity contribution in [2.75, 3.05) is 32.1 Å². The summed E-state index contributed by atoms with van der Waals surface area (Å²) in [4.78, 5) is 23.4. The zero-order valence-corrected chi connectivity index (χ0v) is 26.3. The molecule has 1 amide bonds. The van der Waals surface area contributed by atoms with Gasteiger partial charge in [-0.2, -0.15) is 5.10 Å². The first-order valence-corrected chi connectivity index (χ1v) is 13.8. The maximum Gasteiger partial charge on any atom is 0.338 e. The molecule has 1 unspecified atom stereocenters. The molecule has 43 heavy (non-hydrogen) atoms. The second-order valence-electron chi connectivity index (χ2n) is 10.1. The Morgan fingerprint density at radius 1 is 1.12 bits per heavy atom. The number of carbonyl (C=O) groups excluding carboxylic acids is 1. The fraction of sp³-hybridized carbons (Fsp3) is 0.452. The fourth-order valence-electron chi connectivity index (χ4n) is 3.38. The van der Waals surface area contributed by atoms with Crippen LogP contribution >= 0.6 is 0 Å². The van der Waals surface area contributed by atoms with E-state index in [4.69, 9.17) is 9.84 Å². The number of ether oxygens (including phenoxy) is 1. The third kappa shape index (κ3) is 12.6. The average Bonchev–Trinajstić information content (AvgIpc) is 3.40. The summed E-state index contributed by atoms with van der Waals surface area (Å²) in [5.74, 6) is -5.28. The molecule has 3 N–H and O–H groups in total. The molecule has 1 aromatic heterocycles. The quantitative estimate of drug-likeness (QED) is 0.129. The topological polar surface area (TPSA) is 108 Å². The van der Waals surface area contributed by atoms with Gasteiger partial charge in [-0.05, 0) is 75.7 Å². The fourth-order valence-corrected chi connectivity index (χ4v) is 3.38. The molecule has 1 atom stereocenters. The minimum absolute atomic E-state index is 0.0242. The van der Waals surface area contributed by atoms with Crippen LogP contribution in [0.4, 0.5) is 23.2 Å². The number of nitrogens with one attached hydrogen (secondary N) is 2. The zero-order chi connectivity index (χ0) is 33.3. The van der Waals surface area contributed by atoms with Gasteiger partial charge in [-0.15, -0.1) is 0 Å². The van der Waals surface area contributed by atoms with E-state index in [1.165, 1.54) is 23.2 Å². The number of hydrogen-bond acceptors (Lipinski definition) is 5. The third-order valence-electron chi connectivity index (χ3n) is 5.68. The van der Waals surface area contributed by atoms with Crippen molar-refractivity contribution in [2.45, 2.75) is 60.5 Å². The van der Waals surface area contributed by atoms with Crippen LogP contribution in [0.5, 0.6) is 0 Å². The number of carboxylic acids is 1. The summed E-state index contributed by atoms with van der Waals surface area (Å²) in [6, 6.07) is 5.63. The van der Waals surface area contributed by atoms with Gasteiger partial charge >= 0.3 is 5.97 Å². The molecule has 0 aliphatic rings. The van der Waals surface area contributed by atoms with Gasteiger partial charge in [0.15, 0.2) is 17.5 Å². The minimum Gasteiger partial charge on any atom is -0.478 e. The minimum atomic E-state index is -1.47. The molecule has 12 heteroatoms. The molecule has 0 radical (unpaired) electrons. The molecule has 240 valence electrons. The average molecular weight is 613 g/mol. The van der Waals surface area contributed by atoms with Gasteiger partial charge in [0.1, 0.15) is 5.82 Å². The van der Waals surface area contributed by atoms with E-state index in [1.54, 1.807) is 14.0 Å². The van der Waals surface area contributed by atoms with Gasteiger partial charge in [-0.3, -0.25) is 9.89 Å². The van der Waals surface area contributed by atoms with Crippen molar-refractivity contribution in [1.29, 1.82) is 0 Å². The van der Waals surface area contributed by atoms with Crippen LogP contribution in [0.3, 0.4) is 0 Å². The molecule has 0 fully saturated rings. The number of aryl methyl sites for hydroxylation is 1. The van der Waals surface area contributed by atoms with Crippen LogP contribution in [-0.4, -0.2) is 60.5 Å². The molecule has 0 saturated heterocycles. The zero-order valence-electron chi connectivity index (χ0n) is 26.3. The lowest BCUT2D eigenvalue weighted by Gasteiger charge is -2.33. The van der Waals surface area contributed by atoms with Gasteiger partial charge < -0.3 is 20.1 Å². The highest BCUT2D eigenvalue weighted by Gasteiger charge is 2.27. The summed E-state index contributed by atoms with van der Waals surface area (Å²) in [5, 5.41) is 18.0. The van der Waals surface area contributed by atoms with E-state index < -0.39 is 40.4 Å². The SMILES string of the molecule is CC.CC(C)C.CNCCC(C)(CN(C=O)c1ccc(C(=O)O)c(F)c1)OC.Cc1cn[nH]c1-c1ccc(F)c(F)c1F. The Morgan fingerprint density at radius 2 is 1.72 bits per heavy atom. The molecule has 0 aliphatic carbocycles. The van der Waals surface area contributed by atoms with E-state index >= 15 is 0 Å². The number of amides is 1. The van der Waals surface area contributed by atoms with Crippen LogP contribution in [0, 0.1) is 36.1 Å². The van der Waals surface area contributed by atoms with E-state index in [0.717, 1.165) is 24.1 Å². The van der Waals surface area contributed by atoms with Crippen LogP contribution in [-0.2, 0) is 9.53 Å². The lowest BCUT2D eigenvalue weighted by Crippen LogP contribution is -2.43. The first-order valence-electron chi connectivity index (χ1n) is 13.8. The van der Waals surface area contributed by atoms with E-state index in [2.05, 4.69) is 36.3 Å². The Labute approximate surface area is 251 Å².